The number of H-pyrrole nitrogens is 1. The highest BCUT2D eigenvalue weighted by molar-refractivity contribution is 7.89. The molecular formula is C25H27N5O4S. The van der Waals surface area contributed by atoms with E-state index in [4.69, 9.17) is 0 Å². The SMILES string of the molecule is Cn1c(=O)c2[nH]c(-c3ccc(S(=O)(=O)NCCc4ccncc4)cc3)cc2n(C2CCCC2)c1=O. The molecule has 0 spiro atoms. The molecule has 0 bridgehead atoms. The molecule has 1 saturated carbocycles. The number of aromatic nitrogens is 4. The van der Waals surface area contributed by atoms with E-state index in [1.165, 1.54) is 19.2 Å². The molecule has 2 N–H and O–H groups in total. The summed E-state index contributed by atoms with van der Waals surface area (Å²) in [6, 6.07) is 12.1. The first kappa shape index (κ1) is 23.3. The molecule has 0 unspecified atom stereocenters. The highest BCUT2D eigenvalue weighted by atomic mass is 32.2. The van der Waals surface area contributed by atoms with Gasteiger partial charge in [0.1, 0.15) is 5.52 Å². The van der Waals surface area contributed by atoms with Crippen LogP contribution in [0.1, 0.15) is 37.3 Å². The topological polar surface area (TPSA) is 119 Å². The lowest BCUT2D eigenvalue weighted by Gasteiger charge is -2.15. The van der Waals surface area contributed by atoms with Crippen LogP contribution in [0.5, 0.6) is 0 Å². The fourth-order valence-corrected chi connectivity index (χ4v) is 5.79. The van der Waals surface area contributed by atoms with Gasteiger partial charge in [0.25, 0.3) is 5.56 Å². The third-order valence-electron chi connectivity index (χ3n) is 6.69. The van der Waals surface area contributed by atoms with Crippen LogP contribution in [-0.4, -0.2) is 34.1 Å². The van der Waals surface area contributed by atoms with Gasteiger partial charge in [-0.15, -0.1) is 0 Å². The van der Waals surface area contributed by atoms with Gasteiger partial charge in [-0.2, -0.15) is 0 Å². The van der Waals surface area contributed by atoms with Gasteiger partial charge in [-0.1, -0.05) is 25.0 Å². The Morgan fingerprint density at radius 2 is 1.74 bits per heavy atom. The molecule has 4 aromatic rings. The molecule has 35 heavy (non-hydrogen) atoms. The standard InChI is InChI=1S/C25H27N5O4S/c1-29-24(31)23-22(30(25(29)32)19-4-2-3-5-19)16-21(28-23)18-6-8-20(9-7-18)35(33,34)27-15-12-17-10-13-26-14-11-17/h6-11,13-14,16,19,27-28H,2-5,12,15H2,1H3. The fourth-order valence-electron chi connectivity index (χ4n) is 4.76. The van der Waals surface area contributed by atoms with Crippen molar-refractivity contribution in [1.82, 2.24) is 23.8 Å². The largest absolute Gasteiger partial charge is 0.349 e. The van der Waals surface area contributed by atoms with Crippen LogP contribution >= 0.6 is 0 Å². The zero-order valence-corrected chi connectivity index (χ0v) is 20.2. The van der Waals surface area contributed by atoms with Crippen LogP contribution in [0.15, 0.2) is 69.3 Å². The van der Waals surface area contributed by atoms with Gasteiger partial charge in [-0.25, -0.2) is 17.9 Å². The van der Waals surface area contributed by atoms with Crippen LogP contribution in [0.3, 0.4) is 0 Å². The predicted octanol–water partition coefficient (Wildman–Crippen LogP) is 2.73. The minimum atomic E-state index is -3.66. The number of nitrogens with zero attached hydrogens (tertiary/aromatic N) is 3. The number of benzene rings is 1. The Bertz CT molecular complexity index is 1580. The van der Waals surface area contributed by atoms with Crippen LogP contribution in [0.25, 0.3) is 22.3 Å². The van der Waals surface area contributed by atoms with E-state index >= 15 is 0 Å². The normalized spacial score (nSPS) is 14.7. The molecule has 0 radical (unpaired) electrons. The summed E-state index contributed by atoms with van der Waals surface area (Å²) in [7, 11) is -2.17. The van der Waals surface area contributed by atoms with Gasteiger partial charge in [0.05, 0.1) is 10.4 Å². The quantitative estimate of drug-likeness (QED) is 0.410. The Kier molecular flexibility index (Phi) is 6.16. The number of hydrogen-bond acceptors (Lipinski definition) is 5. The third kappa shape index (κ3) is 4.46. The minimum Gasteiger partial charge on any atom is -0.349 e. The number of rotatable bonds is 7. The zero-order chi connectivity index (χ0) is 24.6. The van der Waals surface area contributed by atoms with Crippen LogP contribution < -0.4 is 16.0 Å². The summed E-state index contributed by atoms with van der Waals surface area (Å²) in [6.07, 6.45) is 7.86. The molecule has 9 nitrogen and oxygen atoms in total. The first-order valence-electron chi connectivity index (χ1n) is 11.7. The summed E-state index contributed by atoms with van der Waals surface area (Å²) in [5.41, 5.74) is 2.67. The Labute approximate surface area is 202 Å². The highest BCUT2D eigenvalue weighted by Gasteiger charge is 2.24. The van der Waals surface area contributed by atoms with Crippen molar-refractivity contribution >= 4 is 21.1 Å². The summed E-state index contributed by atoms with van der Waals surface area (Å²) < 4.78 is 30.9. The molecule has 1 aliphatic rings. The molecule has 1 aliphatic carbocycles. The van der Waals surface area contributed by atoms with Crippen molar-refractivity contribution in [2.45, 2.75) is 43.0 Å². The van der Waals surface area contributed by atoms with E-state index in [0.29, 0.717) is 23.1 Å². The van der Waals surface area contributed by atoms with Crippen molar-refractivity contribution in [3.63, 3.8) is 0 Å². The molecular weight excluding hydrogens is 466 g/mol. The van der Waals surface area contributed by atoms with E-state index in [9.17, 15) is 18.0 Å². The smallest absolute Gasteiger partial charge is 0.331 e. The number of hydrogen-bond donors (Lipinski definition) is 2. The van der Waals surface area contributed by atoms with Crippen LogP contribution in [0.4, 0.5) is 0 Å². The van der Waals surface area contributed by atoms with Crippen molar-refractivity contribution in [2.24, 2.45) is 7.05 Å². The van der Waals surface area contributed by atoms with Crippen LogP contribution in [-0.2, 0) is 23.5 Å². The minimum absolute atomic E-state index is 0.0752. The lowest BCUT2D eigenvalue weighted by Crippen LogP contribution is -2.39. The number of nitrogens with one attached hydrogen (secondary N) is 2. The molecule has 10 heteroatoms. The van der Waals surface area contributed by atoms with Crippen LogP contribution in [0, 0.1) is 0 Å². The Morgan fingerprint density at radius 1 is 1.06 bits per heavy atom. The molecule has 1 aromatic carbocycles. The Hall–Kier alpha value is -3.50. The van der Waals surface area contributed by atoms with Gasteiger partial charge in [0.15, 0.2) is 0 Å². The second-order valence-electron chi connectivity index (χ2n) is 8.93. The molecule has 0 atom stereocenters. The van der Waals surface area contributed by atoms with E-state index < -0.39 is 10.0 Å². The molecule has 0 saturated heterocycles. The Balaban J connectivity index is 1.42. The monoisotopic (exact) mass is 493 g/mol. The van der Waals surface area contributed by atoms with E-state index in [1.807, 2.05) is 18.2 Å². The first-order valence-corrected chi connectivity index (χ1v) is 13.2. The second-order valence-corrected chi connectivity index (χ2v) is 10.7. The summed E-state index contributed by atoms with van der Waals surface area (Å²) in [5, 5.41) is 0. The van der Waals surface area contributed by atoms with Crippen molar-refractivity contribution < 1.29 is 8.42 Å². The first-order chi connectivity index (χ1) is 16.8. The second kappa shape index (κ2) is 9.27. The third-order valence-corrected chi connectivity index (χ3v) is 8.17. The average Bonchev–Trinajstić information content (AvgIpc) is 3.55. The molecule has 3 heterocycles. The van der Waals surface area contributed by atoms with Crippen molar-refractivity contribution in [1.29, 1.82) is 0 Å². The van der Waals surface area contributed by atoms with E-state index in [1.54, 1.807) is 29.1 Å². The van der Waals surface area contributed by atoms with Crippen LogP contribution in [0.2, 0.25) is 0 Å². The van der Waals surface area contributed by atoms with Gasteiger partial charge >= 0.3 is 5.69 Å². The van der Waals surface area contributed by atoms with Gasteiger partial charge in [-0.3, -0.25) is 18.9 Å². The zero-order valence-electron chi connectivity index (χ0n) is 19.4. The van der Waals surface area contributed by atoms with Gasteiger partial charge in [-0.05, 0) is 60.7 Å². The maximum Gasteiger partial charge on any atom is 0.331 e. The molecule has 0 amide bonds. The van der Waals surface area contributed by atoms with Crippen molar-refractivity contribution in [3.8, 4) is 11.3 Å². The van der Waals surface area contributed by atoms with E-state index in [0.717, 1.165) is 41.4 Å². The lowest BCUT2D eigenvalue weighted by atomic mass is 10.1. The number of pyridine rings is 1. The molecule has 1 fully saturated rings. The van der Waals surface area contributed by atoms with Gasteiger partial charge in [0, 0.05) is 37.7 Å². The predicted molar refractivity (Wildman–Crippen MR) is 134 cm³/mol. The molecule has 0 aliphatic heterocycles. The van der Waals surface area contributed by atoms with E-state index in [2.05, 4.69) is 14.7 Å². The van der Waals surface area contributed by atoms with E-state index in [-0.39, 0.29) is 28.7 Å². The number of aromatic amines is 1. The summed E-state index contributed by atoms with van der Waals surface area (Å²) in [6.45, 7) is 0.276. The Morgan fingerprint density at radius 3 is 2.43 bits per heavy atom. The highest BCUT2D eigenvalue weighted by Crippen LogP contribution is 2.31. The maximum absolute atomic E-state index is 12.9. The van der Waals surface area contributed by atoms with Crippen molar-refractivity contribution in [3.05, 3.63) is 81.3 Å². The maximum atomic E-state index is 12.9. The fraction of sp³-hybridized carbons (Fsp3) is 0.320. The summed E-state index contributed by atoms with van der Waals surface area (Å²) >= 11 is 0. The molecule has 5 rings (SSSR count). The summed E-state index contributed by atoms with van der Waals surface area (Å²) in [5.74, 6) is 0. The number of fused-ring (bicyclic) bond motifs is 1. The van der Waals surface area contributed by atoms with Crippen molar-refractivity contribution in [2.75, 3.05) is 6.54 Å². The number of sulfonamides is 1. The summed E-state index contributed by atoms with van der Waals surface area (Å²) in [4.78, 5) is 33.0. The van der Waals surface area contributed by atoms with Gasteiger partial charge < -0.3 is 4.98 Å². The van der Waals surface area contributed by atoms with Gasteiger partial charge in [0.2, 0.25) is 10.0 Å². The lowest BCUT2D eigenvalue weighted by molar-refractivity contribution is 0.492. The average molecular weight is 494 g/mol. The molecule has 3 aromatic heterocycles. The molecule has 182 valence electrons.